The van der Waals surface area contributed by atoms with Crippen LogP contribution >= 0.6 is 23.2 Å². The number of aliphatic hydroxyl groups is 1. The average Bonchev–Trinajstić information content (AvgIpc) is 2.98. The van der Waals surface area contributed by atoms with Crippen molar-refractivity contribution in [2.45, 2.75) is 19.9 Å². The molecular weight excluding hydrogens is 373 g/mol. The number of carbonyl (C=O) groups excluding carboxylic acids is 1. The van der Waals surface area contributed by atoms with Gasteiger partial charge in [0.2, 0.25) is 0 Å². The Labute approximate surface area is 161 Å². The predicted molar refractivity (Wildman–Crippen MR) is 104 cm³/mol. The molecule has 6 heteroatoms. The molecule has 26 heavy (non-hydrogen) atoms. The Bertz CT molecular complexity index is 950. The second kappa shape index (κ2) is 8.12. The van der Waals surface area contributed by atoms with Crippen LogP contribution in [0, 0.1) is 0 Å². The molecule has 0 unspecified atom stereocenters. The van der Waals surface area contributed by atoms with Gasteiger partial charge in [0.25, 0.3) is 0 Å². The summed E-state index contributed by atoms with van der Waals surface area (Å²) in [4.78, 5) is 12.5. The van der Waals surface area contributed by atoms with Crippen LogP contribution in [-0.2, 0) is 17.7 Å². The second-order valence-corrected chi connectivity index (χ2v) is 6.72. The molecule has 0 aliphatic carbocycles. The summed E-state index contributed by atoms with van der Waals surface area (Å²) in [6.07, 6.45) is 0.524. The minimum atomic E-state index is -0.376. The molecule has 0 atom stereocenters. The molecule has 0 aliphatic rings. The number of ether oxygens (including phenoxy) is 1. The third-order valence-corrected chi connectivity index (χ3v) is 4.97. The number of hydrogen-bond donors (Lipinski definition) is 1. The molecule has 2 aromatic carbocycles. The van der Waals surface area contributed by atoms with Crippen LogP contribution in [-0.4, -0.2) is 28.9 Å². The summed E-state index contributed by atoms with van der Waals surface area (Å²) in [5.74, 6) is -0.376. The van der Waals surface area contributed by atoms with Crippen molar-refractivity contribution in [3.05, 3.63) is 69.3 Å². The maximum absolute atomic E-state index is 12.5. The highest BCUT2D eigenvalue weighted by Gasteiger charge is 2.18. The van der Waals surface area contributed by atoms with Crippen molar-refractivity contribution in [1.82, 2.24) is 4.57 Å². The topological polar surface area (TPSA) is 51.5 Å². The molecule has 136 valence electrons. The number of aromatic nitrogens is 1. The summed E-state index contributed by atoms with van der Waals surface area (Å²) in [6.45, 7) is 2.58. The zero-order chi connectivity index (χ0) is 18.7. The van der Waals surface area contributed by atoms with Crippen molar-refractivity contribution in [1.29, 1.82) is 0 Å². The first-order valence-electron chi connectivity index (χ1n) is 8.38. The summed E-state index contributed by atoms with van der Waals surface area (Å²) in [5, 5.41) is 11.2. The van der Waals surface area contributed by atoms with Crippen LogP contribution in [0.3, 0.4) is 0 Å². The van der Waals surface area contributed by atoms with Crippen LogP contribution in [0.4, 0.5) is 0 Å². The quantitative estimate of drug-likeness (QED) is 0.619. The molecule has 3 rings (SSSR count). The number of aliphatic hydroxyl groups excluding tert-OH is 1. The molecule has 1 aromatic heterocycles. The van der Waals surface area contributed by atoms with Gasteiger partial charge in [-0.05, 0) is 48.7 Å². The van der Waals surface area contributed by atoms with E-state index in [-0.39, 0.29) is 12.6 Å². The standard InChI is InChI=1S/C20H19Cl2NO3/c1-2-26-20(25)19-11-15-14(8-9-24)4-3-5-18(15)23(19)12-13-6-7-16(21)17(22)10-13/h3-7,10-11,24H,2,8-9,12H2,1H3. The molecule has 0 amide bonds. The lowest BCUT2D eigenvalue weighted by atomic mass is 10.1. The van der Waals surface area contributed by atoms with Gasteiger partial charge >= 0.3 is 5.97 Å². The van der Waals surface area contributed by atoms with Crippen LogP contribution in [0.15, 0.2) is 42.5 Å². The van der Waals surface area contributed by atoms with E-state index in [4.69, 9.17) is 27.9 Å². The highest BCUT2D eigenvalue weighted by Crippen LogP contribution is 2.28. The number of halogens is 2. The second-order valence-electron chi connectivity index (χ2n) is 5.91. The minimum absolute atomic E-state index is 0.0474. The summed E-state index contributed by atoms with van der Waals surface area (Å²) in [5.41, 5.74) is 3.29. The van der Waals surface area contributed by atoms with Gasteiger partial charge in [0.15, 0.2) is 0 Å². The highest BCUT2D eigenvalue weighted by atomic mass is 35.5. The minimum Gasteiger partial charge on any atom is -0.461 e. The molecule has 0 fully saturated rings. The fourth-order valence-electron chi connectivity index (χ4n) is 3.05. The van der Waals surface area contributed by atoms with Gasteiger partial charge in [-0.25, -0.2) is 4.79 Å². The molecule has 0 bridgehead atoms. The summed E-state index contributed by atoms with van der Waals surface area (Å²) >= 11 is 12.1. The summed E-state index contributed by atoms with van der Waals surface area (Å²) < 4.78 is 7.13. The van der Waals surface area contributed by atoms with Crippen LogP contribution in [0.1, 0.15) is 28.5 Å². The fraction of sp³-hybridized carbons (Fsp3) is 0.250. The van der Waals surface area contributed by atoms with E-state index in [9.17, 15) is 9.90 Å². The Balaban J connectivity index is 2.13. The van der Waals surface area contributed by atoms with Gasteiger partial charge in [-0.1, -0.05) is 41.4 Å². The zero-order valence-corrected chi connectivity index (χ0v) is 15.8. The van der Waals surface area contributed by atoms with E-state index in [2.05, 4.69) is 0 Å². The van der Waals surface area contributed by atoms with Gasteiger partial charge in [-0.15, -0.1) is 0 Å². The van der Waals surface area contributed by atoms with E-state index in [0.717, 1.165) is 22.0 Å². The van der Waals surface area contributed by atoms with E-state index in [1.165, 1.54) is 0 Å². The molecule has 1 N–H and O–H groups in total. The summed E-state index contributed by atoms with van der Waals surface area (Å²) in [7, 11) is 0. The van der Waals surface area contributed by atoms with Crippen molar-refractivity contribution < 1.29 is 14.6 Å². The van der Waals surface area contributed by atoms with Crippen molar-refractivity contribution in [3.63, 3.8) is 0 Å². The number of rotatable bonds is 6. The highest BCUT2D eigenvalue weighted by molar-refractivity contribution is 6.42. The Morgan fingerprint density at radius 2 is 1.96 bits per heavy atom. The van der Waals surface area contributed by atoms with E-state index in [1.807, 2.05) is 34.9 Å². The van der Waals surface area contributed by atoms with Crippen LogP contribution in [0.25, 0.3) is 10.9 Å². The molecule has 4 nitrogen and oxygen atoms in total. The molecule has 0 saturated heterocycles. The lowest BCUT2D eigenvalue weighted by molar-refractivity contribution is 0.0515. The first kappa shape index (κ1) is 18.8. The normalized spacial score (nSPS) is 11.1. The predicted octanol–water partition coefficient (Wildman–Crippen LogP) is 4.71. The van der Waals surface area contributed by atoms with Gasteiger partial charge in [0.05, 0.1) is 16.7 Å². The first-order valence-corrected chi connectivity index (χ1v) is 9.13. The van der Waals surface area contributed by atoms with Crippen LogP contribution < -0.4 is 0 Å². The van der Waals surface area contributed by atoms with E-state index in [1.54, 1.807) is 19.1 Å². The van der Waals surface area contributed by atoms with Crippen molar-refractivity contribution in [3.8, 4) is 0 Å². The Kier molecular flexibility index (Phi) is 5.87. The Morgan fingerprint density at radius 3 is 2.65 bits per heavy atom. The number of carbonyl (C=O) groups is 1. The number of nitrogens with zero attached hydrogens (tertiary/aromatic N) is 1. The van der Waals surface area contributed by atoms with Crippen LogP contribution in [0.2, 0.25) is 10.0 Å². The van der Waals surface area contributed by atoms with Gasteiger partial charge in [0.1, 0.15) is 5.69 Å². The lowest BCUT2D eigenvalue weighted by Crippen LogP contribution is -2.12. The van der Waals surface area contributed by atoms with Crippen molar-refractivity contribution >= 4 is 40.1 Å². The zero-order valence-electron chi connectivity index (χ0n) is 14.3. The lowest BCUT2D eigenvalue weighted by Gasteiger charge is -2.11. The SMILES string of the molecule is CCOC(=O)c1cc2c(CCO)cccc2n1Cc1ccc(Cl)c(Cl)c1. The van der Waals surface area contributed by atoms with Crippen molar-refractivity contribution in [2.75, 3.05) is 13.2 Å². The third-order valence-electron chi connectivity index (χ3n) is 4.23. The van der Waals surface area contributed by atoms with Gasteiger partial charge in [0, 0.05) is 24.1 Å². The Hall–Kier alpha value is -2.01. The smallest absolute Gasteiger partial charge is 0.354 e. The van der Waals surface area contributed by atoms with Crippen molar-refractivity contribution in [2.24, 2.45) is 0 Å². The first-order chi connectivity index (χ1) is 12.5. The van der Waals surface area contributed by atoms with Gasteiger partial charge < -0.3 is 14.4 Å². The third kappa shape index (κ3) is 3.73. The number of hydrogen-bond acceptors (Lipinski definition) is 3. The number of fused-ring (bicyclic) bond motifs is 1. The average molecular weight is 392 g/mol. The largest absolute Gasteiger partial charge is 0.461 e. The van der Waals surface area contributed by atoms with Gasteiger partial charge in [-0.3, -0.25) is 0 Å². The van der Waals surface area contributed by atoms with Crippen LogP contribution in [0.5, 0.6) is 0 Å². The monoisotopic (exact) mass is 391 g/mol. The number of benzene rings is 2. The molecule has 0 radical (unpaired) electrons. The molecular formula is C20H19Cl2NO3. The maximum atomic E-state index is 12.5. The molecule has 1 heterocycles. The molecule has 0 saturated carbocycles. The Morgan fingerprint density at radius 1 is 1.15 bits per heavy atom. The fourth-order valence-corrected chi connectivity index (χ4v) is 3.37. The van der Waals surface area contributed by atoms with E-state index in [0.29, 0.717) is 35.3 Å². The maximum Gasteiger partial charge on any atom is 0.354 e. The molecule has 3 aromatic rings. The molecule has 0 aliphatic heterocycles. The molecule has 0 spiro atoms. The summed E-state index contributed by atoms with van der Waals surface area (Å²) in [6, 6.07) is 13.1. The number of esters is 1. The van der Waals surface area contributed by atoms with E-state index < -0.39 is 0 Å². The van der Waals surface area contributed by atoms with E-state index >= 15 is 0 Å². The van der Waals surface area contributed by atoms with Gasteiger partial charge in [-0.2, -0.15) is 0 Å².